The molecule has 1 heterocycles. The van der Waals surface area contributed by atoms with Gasteiger partial charge in [-0.25, -0.2) is 4.72 Å². The van der Waals surface area contributed by atoms with Crippen molar-refractivity contribution >= 4 is 21.1 Å². The van der Waals surface area contributed by atoms with E-state index in [1.54, 1.807) is 14.2 Å². The van der Waals surface area contributed by atoms with Gasteiger partial charge in [0.15, 0.2) is 11.5 Å². The molecule has 0 radical (unpaired) electrons. The maximum atomic E-state index is 12.3. The number of ether oxygens (including phenoxy) is 2. The highest BCUT2D eigenvalue weighted by Gasteiger charge is 2.25. The number of fused-ring (bicyclic) bond motifs is 1. The Kier molecular flexibility index (Phi) is 5.93. The molecule has 0 bridgehead atoms. The number of aromatic nitrogens is 1. The van der Waals surface area contributed by atoms with Gasteiger partial charge in [0.05, 0.1) is 14.2 Å². The van der Waals surface area contributed by atoms with E-state index in [2.05, 4.69) is 9.71 Å². The normalized spacial score (nSPS) is 13.0. The van der Waals surface area contributed by atoms with Gasteiger partial charge in [0, 0.05) is 49.2 Å². The Morgan fingerprint density at radius 1 is 1.04 bits per heavy atom. The Balaban J connectivity index is 2.13. The van der Waals surface area contributed by atoms with Crippen LogP contribution in [0, 0.1) is 0 Å². The average Bonchev–Trinajstić information content (AvgIpc) is 3.11. The molecule has 0 fully saturated rings. The van der Waals surface area contributed by atoms with Crippen molar-refractivity contribution < 1.29 is 17.9 Å². The lowest BCUT2D eigenvalue weighted by Crippen LogP contribution is -2.38. The molecule has 0 saturated heterocycles. The molecule has 2 aromatic carbocycles. The molecule has 0 amide bonds. The van der Waals surface area contributed by atoms with Crippen molar-refractivity contribution in [1.82, 2.24) is 14.0 Å². The summed E-state index contributed by atoms with van der Waals surface area (Å²) in [5.74, 6) is 0.903. The molecule has 1 aromatic heterocycles. The van der Waals surface area contributed by atoms with Crippen LogP contribution in [0.5, 0.6) is 11.5 Å². The highest BCUT2D eigenvalue weighted by molar-refractivity contribution is 7.87. The molecule has 150 valence electrons. The van der Waals surface area contributed by atoms with Crippen molar-refractivity contribution in [2.45, 2.75) is 5.92 Å². The van der Waals surface area contributed by atoms with Gasteiger partial charge in [-0.15, -0.1) is 0 Å². The molecule has 0 aliphatic rings. The van der Waals surface area contributed by atoms with Crippen LogP contribution >= 0.6 is 0 Å². The van der Waals surface area contributed by atoms with E-state index in [0.717, 1.165) is 26.3 Å². The van der Waals surface area contributed by atoms with Crippen LogP contribution in [0.4, 0.5) is 0 Å². The maximum absolute atomic E-state index is 12.3. The number of nitrogens with zero attached hydrogens (tertiary/aromatic N) is 1. The molecule has 0 aliphatic heterocycles. The van der Waals surface area contributed by atoms with Gasteiger partial charge in [0.1, 0.15) is 0 Å². The first-order chi connectivity index (χ1) is 13.4. The second-order valence-electron chi connectivity index (χ2n) is 6.56. The van der Waals surface area contributed by atoms with Crippen LogP contribution in [0.2, 0.25) is 0 Å². The summed E-state index contributed by atoms with van der Waals surface area (Å²) in [5, 5.41) is 1.03. The maximum Gasteiger partial charge on any atom is 0.278 e. The molecule has 3 rings (SSSR count). The number of hydrogen-bond acceptors (Lipinski definition) is 4. The van der Waals surface area contributed by atoms with Crippen LogP contribution in [0.3, 0.4) is 0 Å². The molecular formula is C20H25N3O4S. The predicted molar refractivity (Wildman–Crippen MR) is 110 cm³/mol. The van der Waals surface area contributed by atoms with E-state index < -0.39 is 10.2 Å². The number of benzene rings is 2. The van der Waals surface area contributed by atoms with Crippen molar-refractivity contribution in [2.75, 3.05) is 34.9 Å². The number of methoxy groups -OCH3 is 2. The van der Waals surface area contributed by atoms with Gasteiger partial charge in [0.25, 0.3) is 10.2 Å². The fraction of sp³-hybridized carbons (Fsp3) is 0.300. The molecular weight excluding hydrogens is 378 g/mol. The quantitative estimate of drug-likeness (QED) is 0.606. The summed E-state index contributed by atoms with van der Waals surface area (Å²) in [6, 6.07) is 13.5. The lowest BCUT2D eigenvalue weighted by Gasteiger charge is -2.22. The van der Waals surface area contributed by atoms with Crippen molar-refractivity contribution in [1.29, 1.82) is 0 Å². The minimum atomic E-state index is -3.58. The Morgan fingerprint density at radius 3 is 2.46 bits per heavy atom. The zero-order valence-corrected chi connectivity index (χ0v) is 17.2. The average molecular weight is 404 g/mol. The van der Waals surface area contributed by atoms with Crippen molar-refractivity contribution in [3.8, 4) is 11.5 Å². The zero-order chi connectivity index (χ0) is 20.3. The van der Waals surface area contributed by atoms with Gasteiger partial charge in [0.2, 0.25) is 0 Å². The van der Waals surface area contributed by atoms with Gasteiger partial charge < -0.3 is 14.5 Å². The molecule has 0 saturated carbocycles. The van der Waals surface area contributed by atoms with Crippen LogP contribution in [0.1, 0.15) is 17.0 Å². The van der Waals surface area contributed by atoms with Gasteiger partial charge in [-0.3, -0.25) is 0 Å². The molecule has 0 unspecified atom stereocenters. The topological polar surface area (TPSA) is 83.7 Å². The summed E-state index contributed by atoms with van der Waals surface area (Å²) in [7, 11) is 2.57. The third kappa shape index (κ3) is 3.84. The Bertz CT molecular complexity index is 1060. The standard InChI is InChI=1S/C20H25N3O4S/c1-23(2)28(24,25)22-13-17(15-9-7-11-19(26-3)20(15)27-4)16-12-21-18-10-6-5-8-14(16)18/h5-12,17,21-22H,13H2,1-4H3/t17-/m0/s1. The molecule has 8 heteroatoms. The highest BCUT2D eigenvalue weighted by Crippen LogP contribution is 2.40. The third-order valence-corrected chi connectivity index (χ3v) is 6.25. The largest absolute Gasteiger partial charge is 0.493 e. The minimum Gasteiger partial charge on any atom is -0.493 e. The van der Waals surface area contributed by atoms with Crippen molar-refractivity contribution in [3.05, 3.63) is 59.8 Å². The zero-order valence-electron chi connectivity index (χ0n) is 16.4. The summed E-state index contributed by atoms with van der Waals surface area (Å²) >= 11 is 0. The number of H-pyrrole nitrogens is 1. The van der Waals surface area contributed by atoms with E-state index in [0.29, 0.717) is 11.5 Å². The van der Waals surface area contributed by atoms with Gasteiger partial charge >= 0.3 is 0 Å². The van der Waals surface area contributed by atoms with Gasteiger partial charge in [-0.2, -0.15) is 12.7 Å². The van der Waals surface area contributed by atoms with E-state index in [1.165, 1.54) is 14.1 Å². The van der Waals surface area contributed by atoms with Crippen molar-refractivity contribution in [2.24, 2.45) is 0 Å². The monoisotopic (exact) mass is 403 g/mol. The molecule has 1 atom stereocenters. The molecule has 28 heavy (non-hydrogen) atoms. The molecule has 0 aliphatic carbocycles. The van der Waals surface area contributed by atoms with Gasteiger partial charge in [-0.1, -0.05) is 30.3 Å². The first-order valence-corrected chi connectivity index (χ1v) is 10.3. The Morgan fingerprint density at radius 2 is 1.79 bits per heavy atom. The summed E-state index contributed by atoms with van der Waals surface area (Å²) in [6.07, 6.45) is 1.91. The molecule has 0 spiro atoms. The second-order valence-corrected chi connectivity index (χ2v) is 8.53. The smallest absolute Gasteiger partial charge is 0.278 e. The van der Waals surface area contributed by atoms with Crippen LogP contribution in [-0.4, -0.2) is 52.6 Å². The number of aromatic amines is 1. The van der Waals surface area contributed by atoms with Crippen LogP contribution in [-0.2, 0) is 10.2 Å². The minimum absolute atomic E-state index is 0.173. The fourth-order valence-electron chi connectivity index (χ4n) is 3.27. The summed E-state index contributed by atoms with van der Waals surface area (Å²) < 4.78 is 39.5. The molecule has 2 N–H and O–H groups in total. The van der Waals surface area contributed by atoms with E-state index >= 15 is 0 Å². The highest BCUT2D eigenvalue weighted by atomic mass is 32.2. The van der Waals surface area contributed by atoms with Gasteiger partial charge in [-0.05, 0) is 17.7 Å². The SMILES string of the molecule is COc1cccc([C@H](CNS(=O)(=O)N(C)C)c2c[nH]c3ccccc23)c1OC. The number of rotatable bonds is 8. The predicted octanol–water partition coefficient (Wildman–Crippen LogP) is 2.71. The summed E-state index contributed by atoms with van der Waals surface area (Å²) in [4.78, 5) is 3.26. The van der Waals surface area contributed by atoms with Crippen molar-refractivity contribution in [3.63, 3.8) is 0 Å². The van der Waals surface area contributed by atoms with Crippen LogP contribution in [0.25, 0.3) is 10.9 Å². The van der Waals surface area contributed by atoms with Crippen LogP contribution in [0.15, 0.2) is 48.7 Å². The summed E-state index contributed by atoms with van der Waals surface area (Å²) in [5.41, 5.74) is 2.80. The first kappa shape index (κ1) is 20.2. The Labute approximate surface area is 165 Å². The number of nitrogens with one attached hydrogen (secondary N) is 2. The summed E-state index contributed by atoms with van der Waals surface area (Å²) in [6.45, 7) is 0.173. The second kappa shape index (κ2) is 8.22. The molecule has 7 nitrogen and oxygen atoms in total. The van der Waals surface area contributed by atoms with E-state index in [1.807, 2.05) is 48.7 Å². The van der Waals surface area contributed by atoms with Crippen LogP contribution < -0.4 is 14.2 Å². The van der Waals surface area contributed by atoms with E-state index in [-0.39, 0.29) is 12.5 Å². The molecule has 3 aromatic rings. The van der Waals surface area contributed by atoms with E-state index in [9.17, 15) is 8.42 Å². The third-order valence-electron chi connectivity index (χ3n) is 4.76. The first-order valence-electron chi connectivity index (χ1n) is 8.83. The lowest BCUT2D eigenvalue weighted by atomic mass is 9.90. The number of hydrogen-bond donors (Lipinski definition) is 2. The lowest BCUT2D eigenvalue weighted by molar-refractivity contribution is 0.350. The number of para-hydroxylation sites is 2. The fourth-order valence-corrected chi connectivity index (χ4v) is 3.91. The van der Waals surface area contributed by atoms with E-state index in [4.69, 9.17) is 9.47 Å². The Hall–Kier alpha value is -2.55.